The van der Waals surface area contributed by atoms with Gasteiger partial charge >= 0.3 is 0 Å². The molecule has 3 rings (SSSR count). The van der Waals surface area contributed by atoms with Gasteiger partial charge in [-0.25, -0.2) is 0 Å². The minimum absolute atomic E-state index is 0.0242. The maximum absolute atomic E-state index is 6.20. The van der Waals surface area contributed by atoms with E-state index in [1.54, 1.807) is 7.11 Å². The molecular weight excluding hydrogens is 256 g/mol. The van der Waals surface area contributed by atoms with E-state index in [0.29, 0.717) is 6.61 Å². The van der Waals surface area contributed by atoms with Crippen molar-refractivity contribution in [1.82, 2.24) is 0 Å². The Morgan fingerprint density at radius 3 is 2.50 bits per heavy atom. The molecule has 0 aromatic rings. The maximum Gasteiger partial charge on any atom is 0.184 e. The van der Waals surface area contributed by atoms with E-state index in [2.05, 4.69) is 0 Å². The average molecular weight is 284 g/mol. The van der Waals surface area contributed by atoms with Crippen molar-refractivity contribution in [3.05, 3.63) is 0 Å². The van der Waals surface area contributed by atoms with E-state index in [-0.39, 0.29) is 24.6 Å². The van der Waals surface area contributed by atoms with Crippen molar-refractivity contribution in [3.8, 4) is 0 Å². The van der Waals surface area contributed by atoms with E-state index in [1.807, 2.05) is 0 Å². The van der Waals surface area contributed by atoms with E-state index in [0.717, 1.165) is 18.9 Å². The lowest BCUT2D eigenvalue weighted by Gasteiger charge is -2.33. The van der Waals surface area contributed by atoms with Gasteiger partial charge in [0, 0.05) is 20.1 Å². The second-order valence-electron chi connectivity index (χ2n) is 6.47. The summed E-state index contributed by atoms with van der Waals surface area (Å²) in [5, 5.41) is 0. The molecule has 4 atom stereocenters. The van der Waals surface area contributed by atoms with Crippen LogP contribution >= 0.6 is 0 Å². The molecule has 0 spiro atoms. The van der Waals surface area contributed by atoms with Gasteiger partial charge in [0.05, 0.1) is 12.7 Å². The summed E-state index contributed by atoms with van der Waals surface area (Å²) in [6, 6.07) is 0. The Labute approximate surface area is 122 Å². The smallest absolute Gasteiger partial charge is 0.184 e. The number of fused-ring (bicyclic) bond motifs is 2. The largest absolute Gasteiger partial charge is 0.376 e. The molecule has 0 amide bonds. The Balaban J connectivity index is 1.47. The summed E-state index contributed by atoms with van der Waals surface area (Å²) in [5.41, 5.74) is 0. The van der Waals surface area contributed by atoms with Crippen LogP contribution in [-0.2, 0) is 18.9 Å². The minimum atomic E-state index is -0.175. The molecule has 0 unspecified atom stereocenters. The first-order chi connectivity index (χ1) is 9.86. The summed E-state index contributed by atoms with van der Waals surface area (Å²) in [7, 11) is 1.72. The lowest BCUT2D eigenvalue weighted by Crippen LogP contribution is -2.44. The molecule has 0 radical (unpaired) electrons. The molecule has 4 heteroatoms. The molecule has 1 saturated carbocycles. The fraction of sp³-hybridized carbons (Fsp3) is 1.00. The van der Waals surface area contributed by atoms with Crippen LogP contribution in [0.5, 0.6) is 0 Å². The molecule has 2 heterocycles. The summed E-state index contributed by atoms with van der Waals surface area (Å²) in [5.74, 6) is 0.733. The summed E-state index contributed by atoms with van der Waals surface area (Å²) < 4.78 is 23.1. The predicted octanol–water partition coefficient (Wildman–Crippen LogP) is 2.89. The molecule has 0 aromatic heterocycles. The molecule has 20 heavy (non-hydrogen) atoms. The Morgan fingerprint density at radius 1 is 1.00 bits per heavy atom. The molecule has 3 aliphatic rings. The number of hydrogen-bond acceptors (Lipinski definition) is 4. The topological polar surface area (TPSA) is 36.9 Å². The zero-order valence-corrected chi connectivity index (χ0v) is 12.6. The van der Waals surface area contributed by atoms with Crippen LogP contribution in [-0.4, -0.2) is 44.9 Å². The van der Waals surface area contributed by atoms with Crippen molar-refractivity contribution in [2.75, 3.05) is 20.3 Å². The quantitative estimate of drug-likeness (QED) is 0.795. The average Bonchev–Trinajstić information content (AvgIpc) is 2.84. The van der Waals surface area contributed by atoms with Gasteiger partial charge in [-0.1, -0.05) is 32.1 Å². The lowest BCUT2D eigenvalue weighted by molar-refractivity contribution is -0.201. The van der Waals surface area contributed by atoms with Crippen LogP contribution in [0.4, 0.5) is 0 Å². The van der Waals surface area contributed by atoms with Crippen molar-refractivity contribution in [1.29, 1.82) is 0 Å². The van der Waals surface area contributed by atoms with E-state index in [1.165, 1.54) is 44.9 Å². The van der Waals surface area contributed by atoms with E-state index >= 15 is 0 Å². The van der Waals surface area contributed by atoms with Gasteiger partial charge in [-0.3, -0.25) is 0 Å². The highest BCUT2D eigenvalue weighted by molar-refractivity contribution is 4.87. The maximum atomic E-state index is 6.20. The van der Waals surface area contributed by atoms with Crippen LogP contribution in [0.1, 0.15) is 51.4 Å². The van der Waals surface area contributed by atoms with Gasteiger partial charge in [0.2, 0.25) is 0 Å². The van der Waals surface area contributed by atoms with Gasteiger partial charge in [-0.2, -0.15) is 0 Å². The third-order valence-electron chi connectivity index (χ3n) is 4.99. The Kier molecular flexibility index (Phi) is 5.32. The van der Waals surface area contributed by atoms with Crippen LogP contribution < -0.4 is 0 Å². The highest BCUT2D eigenvalue weighted by atomic mass is 16.7. The summed E-state index contributed by atoms with van der Waals surface area (Å²) in [6.07, 6.45) is 10.6. The fourth-order valence-corrected chi connectivity index (χ4v) is 3.67. The molecule has 116 valence electrons. The molecule has 3 fully saturated rings. The van der Waals surface area contributed by atoms with E-state index in [4.69, 9.17) is 18.9 Å². The highest BCUT2D eigenvalue weighted by Gasteiger charge is 2.44. The molecule has 0 aromatic carbocycles. The minimum Gasteiger partial charge on any atom is -0.376 e. The third-order valence-corrected chi connectivity index (χ3v) is 4.99. The third kappa shape index (κ3) is 3.53. The van der Waals surface area contributed by atoms with Crippen LogP contribution in [0.2, 0.25) is 0 Å². The lowest BCUT2D eigenvalue weighted by atomic mass is 9.91. The molecule has 2 aliphatic heterocycles. The first-order valence-electron chi connectivity index (χ1n) is 8.28. The standard InChI is InChI=1S/C16H28O4/c1-17-14-9-13(15-11-19-16(14)20-15)18-10-12-7-5-3-2-4-6-8-12/h12-16H,2-11H2,1H3/t13-,14+,15+,16+/m0/s1. The van der Waals surface area contributed by atoms with Crippen molar-refractivity contribution in [2.24, 2.45) is 5.92 Å². The summed E-state index contributed by atoms with van der Waals surface area (Å²) >= 11 is 0. The molecule has 2 saturated heterocycles. The first-order valence-corrected chi connectivity index (χ1v) is 8.28. The SMILES string of the molecule is CO[C@@H]1C[C@H](OCC2CCCCCCC2)[C@H]2CO[C@@H]1O2. The Hall–Kier alpha value is -0.160. The molecular formula is C16H28O4. The summed E-state index contributed by atoms with van der Waals surface area (Å²) in [4.78, 5) is 0. The normalized spacial score (nSPS) is 39.5. The Bertz CT molecular complexity index is 288. The molecule has 4 nitrogen and oxygen atoms in total. The first kappa shape index (κ1) is 14.8. The van der Waals surface area contributed by atoms with Gasteiger partial charge in [0.1, 0.15) is 12.2 Å². The van der Waals surface area contributed by atoms with Crippen LogP contribution in [0.15, 0.2) is 0 Å². The molecule has 0 N–H and O–H groups in total. The second kappa shape index (κ2) is 7.21. The second-order valence-corrected chi connectivity index (χ2v) is 6.47. The number of hydrogen-bond donors (Lipinski definition) is 0. The van der Waals surface area contributed by atoms with Crippen LogP contribution in [0.3, 0.4) is 0 Å². The molecule has 2 bridgehead atoms. The fourth-order valence-electron chi connectivity index (χ4n) is 3.67. The zero-order chi connectivity index (χ0) is 13.8. The van der Waals surface area contributed by atoms with Crippen molar-refractivity contribution >= 4 is 0 Å². The summed E-state index contributed by atoms with van der Waals surface area (Å²) in [6.45, 7) is 1.53. The van der Waals surface area contributed by atoms with Crippen molar-refractivity contribution < 1.29 is 18.9 Å². The van der Waals surface area contributed by atoms with E-state index in [9.17, 15) is 0 Å². The van der Waals surface area contributed by atoms with E-state index < -0.39 is 0 Å². The van der Waals surface area contributed by atoms with Gasteiger partial charge in [0.15, 0.2) is 6.29 Å². The number of methoxy groups -OCH3 is 1. The van der Waals surface area contributed by atoms with Gasteiger partial charge in [-0.15, -0.1) is 0 Å². The van der Waals surface area contributed by atoms with Gasteiger partial charge < -0.3 is 18.9 Å². The van der Waals surface area contributed by atoms with Gasteiger partial charge in [0.25, 0.3) is 0 Å². The monoisotopic (exact) mass is 284 g/mol. The Morgan fingerprint density at radius 2 is 1.75 bits per heavy atom. The van der Waals surface area contributed by atoms with Gasteiger partial charge in [-0.05, 0) is 18.8 Å². The predicted molar refractivity (Wildman–Crippen MR) is 75.6 cm³/mol. The molecule has 1 aliphatic carbocycles. The number of rotatable bonds is 4. The van der Waals surface area contributed by atoms with Crippen LogP contribution in [0.25, 0.3) is 0 Å². The zero-order valence-electron chi connectivity index (χ0n) is 12.6. The highest BCUT2D eigenvalue weighted by Crippen LogP contribution is 2.32. The van der Waals surface area contributed by atoms with Crippen LogP contribution in [0, 0.1) is 5.92 Å². The number of ether oxygens (including phenoxy) is 4. The van der Waals surface area contributed by atoms with Crippen molar-refractivity contribution in [2.45, 2.75) is 76.0 Å². The van der Waals surface area contributed by atoms with Crippen molar-refractivity contribution in [3.63, 3.8) is 0 Å².